The Bertz CT molecular complexity index is 1260. The third kappa shape index (κ3) is 4.17. The van der Waals surface area contributed by atoms with Crippen molar-refractivity contribution < 1.29 is 14.3 Å². The van der Waals surface area contributed by atoms with E-state index in [1.807, 2.05) is 23.2 Å². The lowest BCUT2D eigenvalue weighted by Crippen LogP contribution is -2.13. The van der Waals surface area contributed by atoms with Gasteiger partial charge in [-0.05, 0) is 66.5 Å². The van der Waals surface area contributed by atoms with E-state index in [1.165, 1.54) is 22.8 Å². The first-order valence-electron chi connectivity index (χ1n) is 11.1. The molecular formula is C26H26FN3O2. The van der Waals surface area contributed by atoms with Crippen LogP contribution in [0.1, 0.15) is 41.6 Å². The van der Waals surface area contributed by atoms with Gasteiger partial charge in [0.15, 0.2) is 0 Å². The third-order valence-electron chi connectivity index (χ3n) is 6.49. The van der Waals surface area contributed by atoms with Crippen LogP contribution in [-0.2, 0) is 30.7 Å². The monoisotopic (exact) mass is 431 g/mol. The first kappa shape index (κ1) is 20.5. The molecule has 1 aliphatic carbocycles. The number of hydrogen-bond donors (Lipinski definition) is 1. The molecular weight excluding hydrogens is 405 g/mol. The SMILES string of the molecule is O=C(O)CC1CCCc2c(n(Cc3cccc(Cn4ccnc4)c3)c3ccc(F)cc23)C1. The number of benzene rings is 2. The van der Waals surface area contributed by atoms with Crippen molar-refractivity contribution in [1.82, 2.24) is 14.1 Å². The number of carboxylic acid groups (broad SMARTS) is 1. The topological polar surface area (TPSA) is 60.0 Å². The van der Waals surface area contributed by atoms with E-state index < -0.39 is 5.97 Å². The number of imidazole rings is 1. The Labute approximate surface area is 186 Å². The molecule has 1 atom stereocenters. The molecule has 0 fully saturated rings. The van der Waals surface area contributed by atoms with Gasteiger partial charge in [-0.25, -0.2) is 9.37 Å². The second-order valence-electron chi connectivity index (χ2n) is 8.79. The predicted molar refractivity (Wildman–Crippen MR) is 121 cm³/mol. The van der Waals surface area contributed by atoms with Gasteiger partial charge in [-0.3, -0.25) is 4.79 Å². The molecule has 4 aromatic rings. The van der Waals surface area contributed by atoms with Gasteiger partial charge in [0.05, 0.1) is 6.33 Å². The summed E-state index contributed by atoms with van der Waals surface area (Å²) in [6, 6.07) is 13.5. The Morgan fingerprint density at radius 2 is 2.00 bits per heavy atom. The molecule has 2 heterocycles. The van der Waals surface area contributed by atoms with E-state index >= 15 is 0 Å². The Hall–Kier alpha value is -3.41. The van der Waals surface area contributed by atoms with Crippen LogP contribution in [-0.4, -0.2) is 25.2 Å². The molecule has 0 saturated carbocycles. The smallest absolute Gasteiger partial charge is 0.303 e. The number of fused-ring (bicyclic) bond motifs is 3. The van der Waals surface area contributed by atoms with Crippen molar-refractivity contribution in [1.29, 1.82) is 0 Å². The van der Waals surface area contributed by atoms with Crippen LogP contribution in [0.15, 0.2) is 61.2 Å². The average molecular weight is 432 g/mol. The van der Waals surface area contributed by atoms with Crippen molar-refractivity contribution >= 4 is 16.9 Å². The van der Waals surface area contributed by atoms with E-state index in [2.05, 4.69) is 33.8 Å². The standard InChI is InChI=1S/C26H26FN3O2/c27-21-7-8-24-23(14-21)22-6-2-3-18(13-26(31)32)12-25(22)30(24)16-20-5-1-4-19(11-20)15-29-10-9-28-17-29/h1,4-5,7-11,14,17-18H,2-3,6,12-13,15-16H2,(H,31,32). The molecule has 5 nitrogen and oxygen atoms in total. The maximum absolute atomic E-state index is 14.1. The molecule has 2 aromatic carbocycles. The van der Waals surface area contributed by atoms with Crippen LogP contribution in [0.5, 0.6) is 0 Å². The molecule has 0 radical (unpaired) electrons. The van der Waals surface area contributed by atoms with E-state index in [9.17, 15) is 14.3 Å². The van der Waals surface area contributed by atoms with Gasteiger partial charge < -0.3 is 14.2 Å². The fourth-order valence-corrected chi connectivity index (χ4v) is 5.11. The van der Waals surface area contributed by atoms with Crippen LogP contribution < -0.4 is 0 Å². The summed E-state index contributed by atoms with van der Waals surface area (Å²) in [4.78, 5) is 15.5. The van der Waals surface area contributed by atoms with E-state index in [1.54, 1.807) is 12.3 Å². The summed E-state index contributed by atoms with van der Waals surface area (Å²) >= 11 is 0. The molecule has 0 amide bonds. The first-order valence-corrected chi connectivity index (χ1v) is 11.1. The van der Waals surface area contributed by atoms with Crippen LogP contribution in [0.3, 0.4) is 0 Å². The summed E-state index contributed by atoms with van der Waals surface area (Å²) in [5, 5.41) is 10.3. The van der Waals surface area contributed by atoms with Crippen LogP contribution in [0.2, 0.25) is 0 Å². The zero-order chi connectivity index (χ0) is 22.1. The molecule has 164 valence electrons. The minimum Gasteiger partial charge on any atom is -0.481 e. The zero-order valence-electron chi connectivity index (χ0n) is 17.9. The Balaban J connectivity index is 1.54. The molecule has 2 aromatic heterocycles. The largest absolute Gasteiger partial charge is 0.481 e. The summed E-state index contributed by atoms with van der Waals surface area (Å²) in [5.41, 5.74) is 5.73. The van der Waals surface area contributed by atoms with Gasteiger partial charge in [0, 0.05) is 48.5 Å². The lowest BCUT2D eigenvalue weighted by atomic mass is 9.96. The number of aliphatic carboxylic acids is 1. The summed E-state index contributed by atoms with van der Waals surface area (Å²) in [6.07, 6.45) is 9.10. The van der Waals surface area contributed by atoms with Crippen molar-refractivity contribution in [2.45, 2.75) is 45.2 Å². The van der Waals surface area contributed by atoms with E-state index in [0.717, 1.165) is 42.4 Å². The number of hydrogen-bond acceptors (Lipinski definition) is 2. The maximum atomic E-state index is 14.1. The van der Waals surface area contributed by atoms with Crippen molar-refractivity contribution in [2.75, 3.05) is 0 Å². The normalized spacial score (nSPS) is 16.1. The van der Waals surface area contributed by atoms with Gasteiger partial charge in [-0.2, -0.15) is 0 Å². The van der Waals surface area contributed by atoms with E-state index in [4.69, 9.17) is 0 Å². The Kier molecular flexibility index (Phi) is 5.52. The molecule has 0 bridgehead atoms. The number of rotatable bonds is 6. The molecule has 1 unspecified atom stereocenters. The van der Waals surface area contributed by atoms with Crippen molar-refractivity contribution in [3.63, 3.8) is 0 Å². The molecule has 6 heteroatoms. The molecule has 0 aliphatic heterocycles. The number of carbonyl (C=O) groups is 1. The average Bonchev–Trinajstić information content (AvgIpc) is 3.29. The third-order valence-corrected chi connectivity index (χ3v) is 6.49. The zero-order valence-corrected chi connectivity index (χ0v) is 17.9. The van der Waals surface area contributed by atoms with Crippen molar-refractivity contribution in [2.24, 2.45) is 5.92 Å². The number of aromatic nitrogens is 3. The summed E-state index contributed by atoms with van der Waals surface area (Å²) in [5.74, 6) is -0.875. The summed E-state index contributed by atoms with van der Waals surface area (Å²) < 4.78 is 18.4. The number of halogens is 1. The van der Waals surface area contributed by atoms with Crippen LogP contribution in [0.4, 0.5) is 4.39 Å². The van der Waals surface area contributed by atoms with Gasteiger partial charge in [-0.15, -0.1) is 0 Å². The molecule has 32 heavy (non-hydrogen) atoms. The van der Waals surface area contributed by atoms with Crippen molar-refractivity contribution in [3.8, 4) is 0 Å². The molecule has 5 rings (SSSR count). The minimum atomic E-state index is -0.751. The van der Waals surface area contributed by atoms with Crippen molar-refractivity contribution in [3.05, 3.63) is 89.4 Å². The van der Waals surface area contributed by atoms with Gasteiger partial charge >= 0.3 is 5.97 Å². The van der Waals surface area contributed by atoms with Gasteiger partial charge in [0.1, 0.15) is 5.82 Å². The molecule has 0 spiro atoms. The summed E-state index contributed by atoms with van der Waals surface area (Å²) in [6.45, 7) is 1.43. The van der Waals surface area contributed by atoms with E-state index in [0.29, 0.717) is 13.0 Å². The van der Waals surface area contributed by atoms with Gasteiger partial charge in [0.2, 0.25) is 0 Å². The fraction of sp³-hybridized carbons (Fsp3) is 0.308. The number of nitrogens with zero attached hydrogens (tertiary/aromatic N) is 3. The van der Waals surface area contributed by atoms with E-state index in [-0.39, 0.29) is 18.2 Å². The lowest BCUT2D eigenvalue weighted by molar-refractivity contribution is -0.138. The minimum absolute atomic E-state index is 0.106. The lowest BCUT2D eigenvalue weighted by Gasteiger charge is -2.16. The van der Waals surface area contributed by atoms with Crippen LogP contribution >= 0.6 is 0 Å². The highest BCUT2D eigenvalue weighted by Crippen LogP contribution is 2.35. The number of aryl methyl sites for hydroxylation is 1. The maximum Gasteiger partial charge on any atom is 0.303 e. The Morgan fingerprint density at radius 3 is 2.78 bits per heavy atom. The molecule has 0 saturated heterocycles. The second-order valence-corrected chi connectivity index (χ2v) is 8.79. The highest BCUT2D eigenvalue weighted by atomic mass is 19.1. The molecule has 1 N–H and O–H groups in total. The number of carboxylic acids is 1. The van der Waals surface area contributed by atoms with Gasteiger partial charge in [0.25, 0.3) is 0 Å². The van der Waals surface area contributed by atoms with Gasteiger partial charge in [-0.1, -0.05) is 24.3 Å². The summed E-state index contributed by atoms with van der Waals surface area (Å²) in [7, 11) is 0. The quantitative estimate of drug-likeness (QED) is 0.435. The van der Waals surface area contributed by atoms with Crippen LogP contribution in [0, 0.1) is 11.7 Å². The molecule has 1 aliphatic rings. The first-order chi connectivity index (χ1) is 15.6. The highest BCUT2D eigenvalue weighted by molar-refractivity contribution is 5.86. The predicted octanol–water partition coefficient (Wildman–Crippen LogP) is 5.04. The highest BCUT2D eigenvalue weighted by Gasteiger charge is 2.25. The second kappa shape index (κ2) is 8.61. The van der Waals surface area contributed by atoms with Crippen LogP contribution in [0.25, 0.3) is 10.9 Å². The Morgan fingerprint density at radius 1 is 1.16 bits per heavy atom. The fourth-order valence-electron chi connectivity index (χ4n) is 5.11.